The molecule has 0 atom stereocenters. The van der Waals surface area contributed by atoms with Gasteiger partial charge in [0.25, 0.3) is 0 Å². The molecule has 8 nitrogen and oxygen atoms in total. The summed E-state index contributed by atoms with van der Waals surface area (Å²) in [6, 6.07) is 15.0. The number of pyridine rings is 1. The average Bonchev–Trinajstić information content (AvgIpc) is 2.90. The second kappa shape index (κ2) is 12.2. The molecule has 0 saturated heterocycles. The lowest BCUT2D eigenvalue weighted by Crippen LogP contribution is -2.39. The largest absolute Gasteiger partial charge is 0.454 e. The van der Waals surface area contributed by atoms with Gasteiger partial charge < -0.3 is 20.3 Å². The number of urea groups is 1. The number of aromatic nitrogens is 3. The molecular formula is C28H29ClN6O2. The molecule has 0 radical (unpaired) electrons. The first-order chi connectivity index (χ1) is 18.0. The molecule has 2 N–H and O–H groups in total. The molecule has 2 amide bonds. The van der Waals surface area contributed by atoms with Crippen LogP contribution in [0.5, 0.6) is 11.5 Å². The first-order valence-electron chi connectivity index (χ1n) is 12.1. The summed E-state index contributed by atoms with van der Waals surface area (Å²) in [6.45, 7) is 7.63. The summed E-state index contributed by atoms with van der Waals surface area (Å²) < 4.78 is 5.86. The third-order valence-corrected chi connectivity index (χ3v) is 5.99. The van der Waals surface area contributed by atoms with Crippen molar-refractivity contribution in [1.82, 2.24) is 25.2 Å². The van der Waals surface area contributed by atoms with E-state index in [4.69, 9.17) is 16.3 Å². The van der Waals surface area contributed by atoms with Crippen molar-refractivity contribution in [2.75, 3.05) is 25.0 Å². The zero-order valence-electron chi connectivity index (χ0n) is 21.0. The Hall–Kier alpha value is -4.17. The summed E-state index contributed by atoms with van der Waals surface area (Å²) in [7, 11) is 0. The van der Waals surface area contributed by atoms with E-state index in [2.05, 4.69) is 25.6 Å². The van der Waals surface area contributed by atoms with Crippen LogP contribution in [0.25, 0.3) is 17.0 Å². The molecular weight excluding hydrogens is 488 g/mol. The number of aryl methyl sites for hydroxylation is 1. The molecule has 0 unspecified atom stereocenters. The van der Waals surface area contributed by atoms with E-state index in [0.717, 1.165) is 27.8 Å². The second-order valence-electron chi connectivity index (χ2n) is 8.27. The Morgan fingerprint density at radius 3 is 2.62 bits per heavy atom. The molecule has 0 fully saturated rings. The van der Waals surface area contributed by atoms with Crippen molar-refractivity contribution in [2.24, 2.45) is 0 Å². The van der Waals surface area contributed by atoms with Crippen LogP contribution in [0.2, 0.25) is 5.02 Å². The lowest BCUT2D eigenvalue weighted by Gasteiger charge is -2.18. The molecule has 0 bridgehead atoms. The molecule has 37 heavy (non-hydrogen) atoms. The van der Waals surface area contributed by atoms with Gasteiger partial charge in [-0.1, -0.05) is 29.8 Å². The summed E-state index contributed by atoms with van der Waals surface area (Å²) >= 11 is 6.49. The van der Waals surface area contributed by atoms with E-state index in [0.29, 0.717) is 42.0 Å². The Bertz CT molecular complexity index is 1400. The minimum absolute atomic E-state index is 0.0707. The van der Waals surface area contributed by atoms with Gasteiger partial charge in [0.2, 0.25) is 0 Å². The molecule has 0 aliphatic heterocycles. The Morgan fingerprint density at radius 1 is 1.05 bits per heavy atom. The highest BCUT2D eigenvalue weighted by Crippen LogP contribution is 2.33. The Labute approximate surface area is 221 Å². The number of anilines is 2. The van der Waals surface area contributed by atoms with E-state index in [1.54, 1.807) is 23.2 Å². The topological polar surface area (TPSA) is 92.3 Å². The molecule has 9 heteroatoms. The first-order valence-corrected chi connectivity index (χ1v) is 12.5. The number of hydrogen-bond donors (Lipinski definition) is 2. The predicted molar refractivity (Wildman–Crippen MR) is 149 cm³/mol. The molecule has 0 aliphatic rings. The van der Waals surface area contributed by atoms with Crippen molar-refractivity contribution in [2.45, 2.75) is 20.8 Å². The smallest absolute Gasteiger partial charge is 0.317 e. The zero-order chi connectivity index (χ0) is 26.2. The molecule has 190 valence electrons. The van der Waals surface area contributed by atoms with Crippen molar-refractivity contribution in [3.05, 3.63) is 83.4 Å². The Kier molecular flexibility index (Phi) is 8.53. The third kappa shape index (κ3) is 6.74. The van der Waals surface area contributed by atoms with Gasteiger partial charge in [0, 0.05) is 36.4 Å². The highest BCUT2D eigenvalue weighted by atomic mass is 35.5. The number of carbonyl (C=O) groups excluding carboxylic acids is 1. The van der Waals surface area contributed by atoms with Gasteiger partial charge in [-0.15, -0.1) is 0 Å². The fourth-order valence-electron chi connectivity index (χ4n) is 3.68. The summed E-state index contributed by atoms with van der Waals surface area (Å²) in [5.41, 5.74) is 3.45. The summed E-state index contributed by atoms with van der Waals surface area (Å²) in [5, 5.41) is 7.55. The minimum atomic E-state index is -0.0707. The van der Waals surface area contributed by atoms with Crippen molar-refractivity contribution in [1.29, 1.82) is 0 Å². The van der Waals surface area contributed by atoms with Crippen LogP contribution < -0.4 is 15.4 Å². The SMILES string of the molecule is CCN(CC)C(=O)NC/C=C/c1ccc2ncnc(Nc3ccc(Oc4ccc(C)nc4)c(Cl)c3)c2c1. The van der Waals surface area contributed by atoms with E-state index < -0.39 is 0 Å². The predicted octanol–water partition coefficient (Wildman–Crippen LogP) is 6.59. The number of halogens is 1. The van der Waals surface area contributed by atoms with Crippen LogP contribution in [0.1, 0.15) is 25.1 Å². The monoisotopic (exact) mass is 516 g/mol. The van der Waals surface area contributed by atoms with E-state index in [-0.39, 0.29) is 6.03 Å². The molecule has 2 aromatic heterocycles. The van der Waals surface area contributed by atoms with Gasteiger partial charge in [-0.05, 0) is 68.8 Å². The molecule has 0 aliphatic carbocycles. The van der Waals surface area contributed by atoms with Gasteiger partial charge in [-0.3, -0.25) is 4.98 Å². The lowest BCUT2D eigenvalue weighted by atomic mass is 10.1. The van der Waals surface area contributed by atoms with Crippen molar-refractivity contribution in [3.63, 3.8) is 0 Å². The van der Waals surface area contributed by atoms with E-state index in [1.807, 2.05) is 69.3 Å². The highest BCUT2D eigenvalue weighted by Gasteiger charge is 2.09. The number of benzene rings is 2. The number of carbonyl (C=O) groups is 1. The van der Waals surface area contributed by atoms with Gasteiger partial charge in [-0.25, -0.2) is 14.8 Å². The van der Waals surface area contributed by atoms with Crippen LogP contribution in [0.15, 0.2) is 67.1 Å². The third-order valence-electron chi connectivity index (χ3n) is 5.70. The molecule has 4 rings (SSSR count). The highest BCUT2D eigenvalue weighted by molar-refractivity contribution is 6.32. The normalized spacial score (nSPS) is 11.0. The minimum Gasteiger partial charge on any atom is -0.454 e. The number of fused-ring (bicyclic) bond motifs is 1. The van der Waals surface area contributed by atoms with Crippen LogP contribution in [0, 0.1) is 6.92 Å². The molecule has 2 aromatic carbocycles. The first kappa shape index (κ1) is 25.9. The summed E-state index contributed by atoms with van der Waals surface area (Å²) in [5.74, 6) is 1.80. The van der Waals surface area contributed by atoms with E-state index >= 15 is 0 Å². The number of amides is 2. The lowest BCUT2D eigenvalue weighted by molar-refractivity contribution is 0.204. The Balaban J connectivity index is 1.47. The number of rotatable bonds is 9. The summed E-state index contributed by atoms with van der Waals surface area (Å²) in [4.78, 5) is 26.9. The maximum Gasteiger partial charge on any atom is 0.317 e. The maximum absolute atomic E-state index is 12.1. The molecule has 4 aromatic rings. The van der Waals surface area contributed by atoms with Gasteiger partial charge in [0.05, 0.1) is 16.7 Å². The number of nitrogens with one attached hydrogen (secondary N) is 2. The quantitative estimate of drug-likeness (QED) is 0.261. The summed E-state index contributed by atoms with van der Waals surface area (Å²) in [6.07, 6.45) is 7.06. The van der Waals surface area contributed by atoms with Crippen molar-refractivity contribution in [3.8, 4) is 11.5 Å². The number of ether oxygens (including phenoxy) is 1. The van der Waals surface area contributed by atoms with Crippen molar-refractivity contribution >= 4 is 46.1 Å². The van der Waals surface area contributed by atoms with Crippen LogP contribution in [0.4, 0.5) is 16.3 Å². The standard InChI is InChI=1S/C28H29ClN6O2/c1-4-35(5-2)28(36)30-14-6-7-20-9-12-25-23(15-20)27(33-18-32-25)34-21-10-13-26(24(29)16-21)37-22-11-8-19(3)31-17-22/h6-13,15-18H,4-5,14H2,1-3H3,(H,30,36)(H,32,33,34)/b7-6+. The maximum atomic E-state index is 12.1. The van der Waals surface area contributed by atoms with E-state index in [9.17, 15) is 4.79 Å². The van der Waals surface area contributed by atoms with Gasteiger partial charge in [0.15, 0.2) is 0 Å². The van der Waals surface area contributed by atoms with E-state index in [1.165, 1.54) is 6.33 Å². The van der Waals surface area contributed by atoms with Crippen LogP contribution in [-0.4, -0.2) is 45.5 Å². The number of nitrogens with zero attached hydrogens (tertiary/aromatic N) is 4. The van der Waals surface area contributed by atoms with Crippen LogP contribution >= 0.6 is 11.6 Å². The fraction of sp³-hybridized carbons (Fsp3) is 0.214. The Morgan fingerprint density at radius 2 is 1.89 bits per heavy atom. The molecule has 0 saturated carbocycles. The molecule has 0 spiro atoms. The van der Waals surface area contributed by atoms with Crippen LogP contribution in [-0.2, 0) is 0 Å². The average molecular weight is 517 g/mol. The number of hydrogen-bond acceptors (Lipinski definition) is 6. The second-order valence-corrected chi connectivity index (χ2v) is 8.67. The molecule has 2 heterocycles. The fourth-order valence-corrected chi connectivity index (χ4v) is 3.90. The van der Waals surface area contributed by atoms with Crippen LogP contribution in [0.3, 0.4) is 0 Å². The van der Waals surface area contributed by atoms with Gasteiger partial charge in [0.1, 0.15) is 23.6 Å². The van der Waals surface area contributed by atoms with Gasteiger partial charge >= 0.3 is 6.03 Å². The zero-order valence-corrected chi connectivity index (χ0v) is 21.8. The van der Waals surface area contributed by atoms with Gasteiger partial charge in [-0.2, -0.15) is 0 Å². The van der Waals surface area contributed by atoms with Crippen molar-refractivity contribution < 1.29 is 9.53 Å².